The van der Waals surface area contributed by atoms with Gasteiger partial charge in [-0.2, -0.15) is 65.9 Å². The Balaban J connectivity index is 0.000000224. The van der Waals surface area contributed by atoms with E-state index in [9.17, 15) is 91.4 Å². The summed E-state index contributed by atoms with van der Waals surface area (Å²) in [6, 6.07) is 40.7. The van der Waals surface area contributed by atoms with Crippen molar-refractivity contribution in [1.29, 1.82) is 0 Å². The maximum atomic E-state index is 13.4. The predicted octanol–water partition coefficient (Wildman–Crippen LogP) is 23.3. The highest BCUT2D eigenvalue weighted by molar-refractivity contribution is 7.57. The molecule has 5 unspecified atom stereocenters. The summed E-state index contributed by atoms with van der Waals surface area (Å²) in [6.45, 7) is 39.6. The van der Waals surface area contributed by atoms with E-state index in [-0.39, 0.29) is 120 Å². The highest BCUT2D eigenvalue weighted by Gasteiger charge is 2.39. The number of alkyl halides is 15. The second kappa shape index (κ2) is 37.9. The Labute approximate surface area is 674 Å². The molecule has 0 amide bonds. The smallest absolute Gasteiger partial charge is 0.417 e. The third-order valence-electron chi connectivity index (χ3n) is 18.6. The fourth-order valence-corrected chi connectivity index (χ4v) is 19.5. The van der Waals surface area contributed by atoms with Crippen LogP contribution in [0, 0.1) is 69.2 Å². The molecule has 0 saturated heterocycles. The van der Waals surface area contributed by atoms with Crippen LogP contribution in [-0.2, 0) is 47.1 Å². The number of hydrogen-bond donors (Lipinski definition) is 5. The zero-order chi connectivity index (χ0) is 87.1. The molecule has 5 nitrogen and oxygen atoms in total. The molecule has 0 aromatic heterocycles. The molecule has 0 fully saturated rings. The van der Waals surface area contributed by atoms with Crippen molar-refractivity contribution in [3.05, 3.63) is 263 Å². The molecule has 0 saturated carbocycles. The van der Waals surface area contributed by atoms with E-state index in [1.54, 1.807) is 103 Å². The molecule has 115 heavy (non-hydrogen) atoms. The van der Waals surface area contributed by atoms with Gasteiger partial charge in [-0.1, -0.05) is 216 Å². The molecule has 0 aliphatic carbocycles. The van der Waals surface area contributed by atoms with E-state index < -0.39 is 58.7 Å². The first-order chi connectivity index (χ1) is 52.6. The van der Waals surface area contributed by atoms with Crippen LogP contribution in [0.2, 0.25) is 0 Å². The van der Waals surface area contributed by atoms with Gasteiger partial charge in [0.1, 0.15) is 28.7 Å². The summed E-state index contributed by atoms with van der Waals surface area (Å²) in [7, 11) is -1.22. The van der Waals surface area contributed by atoms with Crippen molar-refractivity contribution in [2.45, 2.75) is 198 Å². The van der Waals surface area contributed by atoms with Crippen molar-refractivity contribution in [3.8, 4) is 28.7 Å². The highest BCUT2D eigenvalue weighted by atomic mass is 31.1. The number of aromatic hydroxyl groups is 5. The maximum absolute atomic E-state index is 13.4. The van der Waals surface area contributed by atoms with Gasteiger partial charge in [0.05, 0.1) is 27.8 Å². The lowest BCUT2D eigenvalue weighted by Gasteiger charge is -2.25. The summed E-state index contributed by atoms with van der Waals surface area (Å²) < 4.78 is 199. The van der Waals surface area contributed by atoms with Crippen LogP contribution in [0.25, 0.3) is 0 Å². The molecule has 25 heteroatoms. The molecule has 0 spiro atoms. The molecule has 5 atom stereocenters. The second-order valence-electron chi connectivity index (χ2n) is 31.9. The lowest BCUT2D eigenvalue weighted by molar-refractivity contribution is -0.137. The molecule has 10 rings (SSSR count). The first-order valence-electron chi connectivity index (χ1n) is 36.5. The SMILES string of the molecule is Cc1cc(C(C)(C)C)cc(Pc2c(C)cccc2C(F)(F)F)c1O.Cc1cc(C)c(O)c(Pc2c(C)cccc2C(F)(F)F)c1.Cc1cc(Pc2c(C)cccc2C(F)(F)F)c(O)c(C(C)(C)C)c1.Cc1ccc(O)c(Pc2c(C)cccc2C(F)(F)F)c1.Cc1cccc(C(F)(F)F)c1Pc1cc(C(C)C)cc(C(C)(C)C)c1O. The molecule has 10 aromatic carbocycles. The fraction of sp³-hybridized carbons (Fsp3) is 0.333. The minimum Gasteiger partial charge on any atom is -0.507 e. The Morgan fingerprint density at radius 3 is 0.826 bits per heavy atom. The summed E-state index contributed by atoms with van der Waals surface area (Å²) in [4.78, 5) is 0. The monoisotopic (exact) mass is 1700 g/mol. The maximum Gasteiger partial charge on any atom is 0.417 e. The van der Waals surface area contributed by atoms with Gasteiger partial charge in [-0.3, -0.25) is 0 Å². The van der Waals surface area contributed by atoms with Crippen LogP contribution in [0.4, 0.5) is 65.9 Å². The molecule has 0 bridgehead atoms. The molecular formula is C90H100F15O5P5. The van der Waals surface area contributed by atoms with Gasteiger partial charge in [0, 0.05) is 37.6 Å². The van der Waals surface area contributed by atoms with Crippen molar-refractivity contribution in [2.24, 2.45) is 0 Å². The molecule has 0 heterocycles. The molecule has 10 aromatic rings. The largest absolute Gasteiger partial charge is 0.507 e. The van der Waals surface area contributed by atoms with E-state index in [2.05, 4.69) is 0 Å². The number of halogens is 15. The average molecular weight is 1700 g/mol. The predicted molar refractivity (Wildman–Crippen MR) is 453 cm³/mol. The van der Waals surface area contributed by atoms with Crippen molar-refractivity contribution in [1.82, 2.24) is 0 Å². The first-order valence-corrected chi connectivity index (χ1v) is 41.5. The van der Waals surface area contributed by atoms with Crippen molar-refractivity contribution in [2.75, 3.05) is 0 Å². The van der Waals surface area contributed by atoms with E-state index in [1.165, 1.54) is 36.4 Å². The number of rotatable bonds is 11. The summed E-state index contributed by atoms with van der Waals surface area (Å²) in [5, 5.41) is 55.7. The quantitative estimate of drug-likeness (QED) is 0.0656. The van der Waals surface area contributed by atoms with Crippen molar-refractivity contribution < 1.29 is 91.4 Å². The van der Waals surface area contributed by atoms with E-state index in [1.807, 2.05) is 133 Å². The Morgan fingerprint density at radius 1 is 0.252 bits per heavy atom. The zero-order valence-corrected chi connectivity index (χ0v) is 73.0. The van der Waals surface area contributed by atoms with E-state index in [0.29, 0.717) is 65.5 Å². The number of phenols is 5. The minimum atomic E-state index is -4.41. The van der Waals surface area contributed by atoms with Gasteiger partial charge in [0.25, 0.3) is 0 Å². The van der Waals surface area contributed by atoms with Crippen LogP contribution >= 0.6 is 42.9 Å². The molecular weight excluding hydrogens is 1600 g/mol. The lowest BCUT2D eigenvalue weighted by Crippen LogP contribution is -2.22. The number of hydrogen-bond acceptors (Lipinski definition) is 5. The normalized spacial score (nSPS) is 12.8. The third kappa shape index (κ3) is 25.9. The van der Waals surface area contributed by atoms with Gasteiger partial charge in [0.2, 0.25) is 0 Å². The second-order valence-corrected chi connectivity index (χ2v) is 38.3. The van der Waals surface area contributed by atoms with Crippen LogP contribution in [-0.4, -0.2) is 25.5 Å². The summed E-state index contributed by atoms with van der Waals surface area (Å²) in [6.07, 6.45) is -22.0. The molecule has 0 aliphatic rings. The van der Waals surface area contributed by atoms with Crippen LogP contribution in [0.3, 0.4) is 0 Å². The average Bonchev–Trinajstić information content (AvgIpc) is 0.792. The van der Waals surface area contributed by atoms with E-state index in [4.69, 9.17) is 0 Å². The van der Waals surface area contributed by atoms with Crippen LogP contribution in [0.15, 0.2) is 158 Å². The topological polar surface area (TPSA) is 101 Å². The Kier molecular flexibility index (Phi) is 31.7. The van der Waals surface area contributed by atoms with Gasteiger partial charge in [0.15, 0.2) is 0 Å². The van der Waals surface area contributed by atoms with Crippen LogP contribution < -0.4 is 53.0 Å². The summed E-state index contributed by atoms with van der Waals surface area (Å²) >= 11 is 0. The Hall–Kier alpha value is -7.70. The van der Waals surface area contributed by atoms with Crippen LogP contribution in [0.5, 0.6) is 28.7 Å². The fourth-order valence-electron chi connectivity index (χ4n) is 12.2. The number of aryl methyl sites for hydroxylation is 10. The van der Waals surface area contributed by atoms with E-state index in [0.717, 1.165) is 69.3 Å². The molecule has 0 aliphatic heterocycles. The van der Waals surface area contributed by atoms with Gasteiger partial charge in [-0.25, -0.2) is 0 Å². The van der Waals surface area contributed by atoms with Gasteiger partial charge in [-0.05, 0) is 246 Å². The Bertz CT molecular complexity index is 5030. The third-order valence-corrected chi connectivity index (χ3v) is 26.5. The van der Waals surface area contributed by atoms with Gasteiger partial charge in [-0.15, -0.1) is 0 Å². The van der Waals surface area contributed by atoms with E-state index >= 15 is 0 Å². The zero-order valence-electron chi connectivity index (χ0n) is 68.0. The molecule has 620 valence electrons. The van der Waals surface area contributed by atoms with Crippen LogP contribution in [0.1, 0.15) is 188 Å². The highest BCUT2D eigenvalue weighted by Crippen LogP contribution is 2.43. The minimum absolute atomic E-state index is 0.0327. The van der Waals surface area contributed by atoms with Gasteiger partial charge < -0.3 is 25.5 Å². The first kappa shape index (κ1) is 96.1. The number of phenolic OH excluding ortho intramolecular Hbond substituents is 5. The summed E-state index contributed by atoms with van der Waals surface area (Å²) in [5.74, 6) is 0.622. The standard InChI is InChI=1S/C21H26F3OP.2C19H22F3OP.C16H16F3OP.C15H14F3OP/c1-12(2)14-10-16(20(4,5)6)18(25)17(11-14)26-19-13(3)8-7-9-15(19)21(22,23)24;1-11-9-14(18(3,4)5)16(23)15(10-11)24-17-12(2)7-6-8-13(17)19(20,21)22;1-11-7-6-8-14(19(20,21)22)17(11)24-15-10-13(18(3,4)5)9-12(2)16(15)23;1-9-7-11(3)14(20)13(8-9)21-15-10(2)5-4-6-12(15)16(17,18)19;1-9-6-7-12(19)13(8-9)20-14-10(2)4-3-5-11(14)15(16,17)18/h7-12,25-26H,1-6H3;2*6-10,23-24H,1-5H3;4-8,20-21H,1-3H3;3-8,19-20H,1-2H3. The summed E-state index contributed by atoms with van der Waals surface area (Å²) in [5.41, 5.74) is 6.76. The lowest BCUT2D eigenvalue weighted by atomic mass is 9.84. The molecule has 5 N–H and O–H groups in total. The molecule has 0 radical (unpaired) electrons. The van der Waals surface area contributed by atoms with Crippen molar-refractivity contribution in [3.63, 3.8) is 0 Å². The Morgan fingerprint density at radius 2 is 0.522 bits per heavy atom. The van der Waals surface area contributed by atoms with Gasteiger partial charge >= 0.3 is 30.9 Å². The van der Waals surface area contributed by atoms with Crippen molar-refractivity contribution >= 4 is 95.9 Å². The number of benzene rings is 10.